The fourth-order valence-electron chi connectivity index (χ4n) is 5.35. The zero-order chi connectivity index (χ0) is 25.5. The number of likely N-dealkylation sites (tertiary alicyclic amines) is 1. The van der Waals surface area contributed by atoms with E-state index in [-0.39, 0.29) is 22.7 Å². The molecule has 194 valence electrons. The summed E-state index contributed by atoms with van der Waals surface area (Å²) < 4.78 is 21.3. The highest BCUT2D eigenvalue weighted by atomic mass is 35.5. The summed E-state index contributed by atoms with van der Waals surface area (Å²) in [5.41, 5.74) is 0.989. The molecule has 2 heterocycles. The summed E-state index contributed by atoms with van der Waals surface area (Å²) >= 11 is 14.5. The van der Waals surface area contributed by atoms with Crippen molar-refractivity contribution in [1.29, 1.82) is 0 Å². The molecule has 2 bridgehead atoms. The molecule has 9 heteroatoms. The Bertz CT molecular complexity index is 967. The number of carbonyl (C=O) groups is 1. The van der Waals surface area contributed by atoms with Crippen molar-refractivity contribution in [3.8, 4) is 5.75 Å². The number of carbonyl (C=O) groups excluding carboxylic acids is 1. The third-order valence-corrected chi connectivity index (χ3v) is 8.53. The van der Waals surface area contributed by atoms with E-state index >= 15 is 0 Å². The standard InChI is InChI=1S/C26H36Cl2N2O4S/c1-7-8-32-21-12-20(28)19(27)11-18(21)23(29-35-25(2,3)4)17-10-16-9-15(17)13-30(16)24(31)22-14-33-26(5,6)34-22/h7,11-12,15-17,22-23,29H,1,8-10,13-14H2,2-6H3. The molecule has 2 aliphatic heterocycles. The summed E-state index contributed by atoms with van der Waals surface area (Å²) in [4.78, 5) is 15.2. The summed E-state index contributed by atoms with van der Waals surface area (Å²) in [5, 5.41) is 0.962. The Morgan fingerprint density at radius 1 is 1.34 bits per heavy atom. The third-order valence-electron chi connectivity index (χ3n) is 6.83. The van der Waals surface area contributed by atoms with Crippen LogP contribution in [-0.2, 0) is 14.3 Å². The van der Waals surface area contributed by atoms with Gasteiger partial charge >= 0.3 is 0 Å². The molecule has 1 aromatic rings. The zero-order valence-electron chi connectivity index (χ0n) is 21.1. The summed E-state index contributed by atoms with van der Waals surface area (Å²) in [7, 11) is 0. The van der Waals surface area contributed by atoms with Gasteiger partial charge in [-0.3, -0.25) is 9.52 Å². The van der Waals surface area contributed by atoms with Gasteiger partial charge in [-0.1, -0.05) is 47.8 Å². The van der Waals surface area contributed by atoms with Gasteiger partial charge in [0.05, 0.1) is 16.7 Å². The Morgan fingerprint density at radius 2 is 2.06 bits per heavy atom. The monoisotopic (exact) mass is 542 g/mol. The van der Waals surface area contributed by atoms with Crippen LogP contribution in [0.2, 0.25) is 10.0 Å². The second-order valence-corrected chi connectivity index (χ2v) is 13.5. The molecule has 1 N–H and O–H groups in total. The molecule has 35 heavy (non-hydrogen) atoms. The average Bonchev–Trinajstić information content (AvgIpc) is 3.47. The van der Waals surface area contributed by atoms with Crippen LogP contribution in [0.1, 0.15) is 59.1 Å². The van der Waals surface area contributed by atoms with Crippen LogP contribution in [0.25, 0.3) is 0 Å². The van der Waals surface area contributed by atoms with Crippen molar-refractivity contribution in [2.75, 3.05) is 19.8 Å². The van der Waals surface area contributed by atoms with Crippen molar-refractivity contribution in [2.45, 2.75) is 76.2 Å². The topological polar surface area (TPSA) is 60.0 Å². The number of ether oxygens (including phenoxy) is 3. The van der Waals surface area contributed by atoms with E-state index in [4.69, 9.17) is 37.4 Å². The van der Waals surface area contributed by atoms with Gasteiger partial charge in [0.25, 0.3) is 5.91 Å². The first-order valence-electron chi connectivity index (χ1n) is 12.2. The van der Waals surface area contributed by atoms with Gasteiger partial charge in [-0.15, -0.1) is 0 Å². The lowest BCUT2D eigenvalue weighted by Crippen LogP contribution is -2.47. The average molecular weight is 544 g/mol. The molecule has 1 aromatic carbocycles. The van der Waals surface area contributed by atoms with Crippen LogP contribution in [0.3, 0.4) is 0 Å². The summed E-state index contributed by atoms with van der Waals surface area (Å²) in [6.07, 6.45) is 3.07. The number of hydrogen-bond donors (Lipinski definition) is 1. The predicted octanol–water partition coefficient (Wildman–Crippen LogP) is 6.02. The number of halogens is 2. The van der Waals surface area contributed by atoms with Gasteiger partial charge in [0.1, 0.15) is 12.4 Å². The molecule has 5 atom stereocenters. The fraction of sp³-hybridized carbons (Fsp3) is 0.654. The number of hydrogen-bond acceptors (Lipinski definition) is 6. The van der Waals surface area contributed by atoms with Crippen LogP contribution < -0.4 is 9.46 Å². The number of nitrogens with zero attached hydrogens (tertiary/aromatic N) is 1. The van der Waals surface area contributed by atoms with Crippen LogP contribution in [0, 0.1) is 11.8 Å². The van der Waals surface area contributed by atoms with Crippen molar-refractivity contribution in [2.24, 2.45) is 11.8 Å². The second kappa shape index (κ2) is 10.4. The Kier molecular flexibility index (Phi) is 8.07. The molecular formula is C26H36Cl2N2O4S. The third kappa shape index (κ3) is 6.13. The number of nitrogens with one attached hydrogen (secondary N) is 1. The number of rotatable bonds is 8. The van der Waals surface area contributed by atoms with Crippen molar-refractivity contribution in [1.82, 2.24) is 9.62 Å². The Balaban J connectivity index is 1.56. The lowest BCUT2D eigenvalue weighted by molar-refractivity contribution is -0.161. The van der Waals surface area contributed by atoms with Gasteiger partial charge in [-0.25, -0.2) is 0 Å². The van der Waals surface area contributed by atoms with E-state index in [1.54, 1.807) is 24.1 Å². The molecule has 3 fully saturated rings. The first-order chi connectivity index (χ1) is 16.4. The van der Waals surface area contributed by atoms with E-state index in [0.717, 1.165) is 24.9 Å². The molecular weight excluding hydrogens is 507 g/mol. The minimum absolute atomic E-state index is 0.00828. The summed E-state index contributed by atoms with van der Waals surface area (Å²) in [5.74, 6) is 0.718. The minimum Gasteiger partial charge on any atom is -0.489 e. The molecule has 0 radical (unpaired) electrons. The van der Waals surface area contributed by atoms with Gasteiger partial charge in [0.15, 0.2) is 11.9 Å². The lowest BCUT2D eigenvalue weighted by Gasteiger charge is -2.38. The highest BCUT2D eigenvalue weighted by Gasteiger charge is 2.52. The first kappa shape index (κ1) is 27.1. The van der Waals surface area contributed by atoms with Crippen molar-refractivity contribution in [3.63, 3.8) is 0 Å². The minimum atomic E-state index is -0.712. The molecule has 3 aliphatic rings. The van der Waals surface area contributed by atoms with Crippen LogP contribution in [0.15, 0.2) is 24.8 Å². The van der Waals surface area contributed by atoms with E-state index in [1.165, 1.54) is 0 Å². The highest BCUT2D eigenvalue weighted by molar-refractivity contribution is 7.98. The molecule has 1 amide bonds. The van der Waals surface area contributed by atoms with E-state index in [1.807, 2.05) is 24.8 Å². The van der Waals surface area contributed by atoms with Crippen LogP contribution in [-0.4, -0.2) is 53.2 Å². The molecule has 0 spiro atoms. The van der Waals surface area contributed by atoms with Crippen molar-refractivity contribution in [3.05, 3.63) is 40.4 Å². The van der Waals surface area contributed by atoms with E-state index in [9.17, 15) is 4.79 Å². The second-order valence-electron chi connectivity index (χ2n) is 11.1. The fourth-order valence-corrected chi connectivity index (χ4v) is 6.46. The van der Waals surface area contributed by atoms with E-state index in [2.05, 4.69) is 32.1 Å². The van der Waals surface area contributed by atoms with Gasteiger partial charge < -0.3 is 19.1 Å². The van der Waals surface area contributed by atoms with Crippen molar-refractivity contribution < 1.29 is 19.0 Å². The van der Waals surface area contributed by atoms with Crippen LogP contribution >= 0.6 is 35.1 Å². The SMILES string of the molecule is C=CCOc1cc(Cl)c(Cl)cc1C(NSC(C)(C)C)C1CC2CC1CN2C(=O)C1COC(C)(C)O1. The van der Waals surface area contributed by atoms with Crippen LogP contribution in [0.5, 0.6) is 5.75 Å². The maximum Gasteiger partial charge on any atom is 0.254 e. The molecule has 5 unspecified atom stereocenters. The zero-order valence-corrected chi connectivity index (χ0v) is 23.4. The summed E-state index contributed by atoms with van der Waals surface area (Å²) in [6.45, 7) is 15.4. The first-order valence-corrected chi connectivity index (χ1v) is 13.7. The maximum absolute atomic E-state index is 13.2. The molecule has 4 rings (SSSR count). The quantitative estimate of drug-likeness (QED) is 0.320. The number of piperidine rings is 1. The lowest BCUT2D eigenvalue weighted by atomic mass is 9.83. The number of benzene rings is 1. The highest BCUT2D eigenvalue weighted by Crippen LogP contribution is 2.51. The smallest absolute Gasteiger partial charge is 0.254 e. The predicted molar refractivity (Wildman–Crippen MR) is 142 cm³/mol. The summed E-state index contributed by atoms with van der Waals surface area (Å²) in [6, 6.07) is 3.89. The molecule has 1 saturated carbocycles. The number of amides is 1. The van der Waals surface area contributed by atoms with Gasteiger partial charge in [0, 0.05) is 35.0 Å². The van der Waals surface area contributed by atoms with Crippen LogP contribution in [0.4, 0.5) is 0 Å². The van der Waals surface area contributed by atoms with Crippen molar-refractivity contribution >= 4 is 41.1 Å². The van der Waals surface area contributed by atoms with E-state index in [0.29, 0.717) is 40.8 Å². The molecule has 6 nitrogen and oxygen atoms in total. The van der Waals surface area contributed by atoms with E-state index < -0.39 is 11.9 Å². The van der Waals surface area contributed by atoms with Gasteiger partial charge in [-0.2, -0.15) is 0 Å². The normalized spacial score (nSPS) is 28.4. The molecule has 0 aromatic heterocycles. The Morgan fingerprint density at radius 3 is 2.63 bits per heavy atom. The van der Waals surface area contributed by atoms with Gasteiger partial charge in [0.2, 0.25) is 0 Å². The molecule has 2 saturated heterocycles. The Labute approximate surface area is 223 Å². The Hall–Kier alpha value is -0.960. The number of fused-ring (bicyclic) bond motifs is 2. The largest absolute Gasteiger partial charge is 0.489 e. The molecule has 1 aliphatic carbocycles. The maximum atomic E-state index is 13.2. The van der Waals surface area contributed by atoms with Gasteiger partial charge in [-0.05, 0) is 65.4 Å².